The van der Waals surface area contributed by atoms with Gasteiger partial charge in [0.2, 0.25) is 0 Å². The average Bonchev–Trinajstić information content (AvgIpc) is 3.58. The fraction of sp³-hybridized carbons (Fsp3) is 0.556. The van der Waals surface area contributed by atoms with Crippen LogP contribution in [-0.2, 0) is 5.66 Å². The van der Waals surface area contributed by atoms with Crippen LogP contribution < -0.4 is 20.9 Å². The number of ether oxygens (including phenoxy) is 1. The van der Waals surface area contributed by atoms with Gasteiger partial charge in [-0.1, -0.05) is 0 Å². The third kappa shape index (κ3) is 4.13. The smallest absolute Gasteiger partial charge is 0.276 e. The van der Waals surface area contributed by atoms with Gasteiger partial charge in [-0.2, -0.15) is 5.10 Å². The third-order valence-electron chi connectivity index (χ3n) is 8.40. The van der Waals surface area contributed by atoms with Gasteiger partial charge in [-0.05, 0) is 84.0 Å². The maximum atomic E-state index is 14.6. The second-order valence-corrected chi connectivity index (χ2v) is 11.2. The van der Waals surface area contributed by atoms with Crippen LogP contribution in [0.15, 0.2) is 23.4 Å². The van der Waals surface area contributed by atoms with Crippen molar-refractivity contribution in [1.82, 2.24) is 29.4 Å². The number of likely N-dealkylation sites (tertiary alicyclic amines) is 1. The van der Waals surface area contributed by atoms with E-state index in [-0.39, 0.29) is 24.3 Å². The molecule has 1 amide bonds. The molecule has 10 nitrogen and oxygen atoms in total. The number of alkyl halides is 1. The average molecular weight is 524 g/mol. The van der Waals surface area contributed by atoms with E-state index < -0.39 is 11.3 Å². The van der Waals surface area contributed by atoms with E-state index in [2.05, 4.69) is 25.6 Å². The standard InChI is InChI=1S/C27H34FN7O3/c1-17-14-19(25(37)35-21(17)24(36)32-27(35)8-6-26(3,28)7-9-27)31-23-22-18(2)20(15-34(22)30-16-29-23)38-13-12-33-10-4-5-11-33/h14-16H,4-13H2,1-3H3,(H,32,36)(H,29,30,31). The number of aryl methyl sites for hydroxylation is 2. The molecule has 0 aromatic carbocycles. The summed E-state index contributed by atoms with van der Waals surface area (Å²) in [4.78, 5) is 33.6. The Kier molecular flexibility index (Phi) is 5.93. The van der Waals surface area contributed by atoms with E-state index >= 15 is 0 Å². The summed E-state index contributed by atoms with van der Waals surface area (Å²) in [5.74, 6) is 0.895. The Bertz CT molecular complexity index is 1460. The highest BCUT2D eigenvalue weighted by atomic mass is 19.1. The number of carbonyl (C=O) groups excluding carboxylic acids is 1. The number of fused-ring (bicyclic) bond motifs is 3. The van der Waals surface area contributed by atoms with Crippen LogP contribution in [0.4, 0.5) is 15.9 Å². The maximum Gasteiger partial charge on any atom is 0.276 e. The molecule has 0 radical (unpaired) electrons. The van der Waals surface area contributed by atoms with Gasteiger partial charge in [-0.3, -0.25) is 19.1 Å². The first-order valence-electron chi connectivity index (χ1n) is 13.4. The van der Waals surface area contributed by atoms with Crippen molar-refractivity contribution >= 4 is 22.9 Å². The zero-order valence-corrected chi connectivity index (χ0v) is 22.1. The molecule has 202 valence electrons. The highest BCUT2D eigenvalue weighted by Gasteiger charge is 2.49. The minimum Gasteiger partial charge on any atom is -0.490 e. The van der Waals surface area contributed by atoms with Crippen molar-refractivity contribution < 1.29 is 13.9 Å². The van der Waals surface area contributed by atoms with Crippen molar-refractivity contribution in [3.8, 4) is 5.75 Å². The van der Waals surface area contributed by atoms with Gasteiger partial charge in [-0.25, -0.2) is 13.9 Å². The van der Waals surface area contributed by atoms with Gasteiger partial charge in [0, 0.05) is 12.1 Å². The number of carbonyl (C=O) groups is 1. The molecule has 1 spiro atoms. The first-order chi connectivity index (χ1) is 18.2. The van der Waals surface area contributed by atoms with Crippen LogP contribution in [-0.4, -0.2) is 61.9 Å². The number of pyridine rings is 1. The molecule has 2 aliphatic heterocycles. The van der Waals surface area contributed by atoms with E-state index in [4.69, 9.17) is 4.74 Å². The molecule has 3 aliphatic rings. The number of halogens is 1. The molecular formula is C27H34FN7O3. The molecule has 2 N–H and O–H groups in total. The molecule has 0 unspecified atom stereocenters. The largest absolute Gasteiger partial charge is 0.490 e. The van der Waals surface area contributed by atoms with Crippen LogP contribution in [0.5, 0.6) is 5.75 Å². The summed E-state index contributed by atoms with van der Waals surface area (Å²) < 4.78 is 24.0. The lowest BCUT2D eigenvalue weighted by Crippen LogP contribution is -2.51. The van der Waals surface area contributed by atoms with Crippen LogP contribution in [0.1, 0.15) is 67.1 Å². The molecule has 1 saturated carbocycles. The Morgan fingerprint density at radius 3 is 2.63 bits per heavy atom. The molecular weight excluding hydrogens is 489 g/mol. The summed E-state index contributed by atoms with van der Waals surface area (Å²) >= 11 is 0. The number of aromatic nitrogens is 4. The Labute approximate surface area is 220 Å². The van der Waals surface area contributed by atoms with E-state index in [0.717, 1.165) is 30.9 Å². The van der Waals surface area contributed by atoms with Crippen molar-refractivity contribution in [1.29, 1.82) is 0 Å². The van der Waals surface area contributed by atoms with E-state index in [1.165, 1.54) is 19.2 Å². The first kappa shape index (κ1) is 24.8. The molecule has 6 rings (SSSR count). The monoisotopic (exact) mass is 523 g/mol. The Hall–Kier alpha value is -3.47. The molecule has 0 atom stereocenters. The van der Waals surface area contributed by atoms with Crippen molar-refractivity contribution in [3.63, 3.8) is 0 Å². The third-order valence-corrected chi connectivity index (χ3v) is 8.40. The van der Waals surface area contributed by atoms with E-state index in [0.29, 0.717) is 47.7 Å². The number of nitrogens with one attached hydrogen (secondary N) is 2. The lowest BCUT2D eigenvalue weighted by molar-refractivity contribution is 0.0443. The van der Waals surface area contributed by atoms with Crippen molar-refractivity contribution in [3.05, 3.63) is 45.8 Å². The highest BCUT2D eigenvalue weighted by Crippen LogP contribution is 2.43. The summed E-state index contributed by atoms with van der Waals surface area (Å²) in [6.07, 6.45) is 6.99. The fourth-order valence-electron chi connectivity index (χ4n) is 6.18. The Morgan fingerprint density at radius 1 is 1.16 bits per heavy atom. The molecule has 5 heterocycles. The summed E-state index contributed by atoms with van der Waals surface area (Å²) in [5, 5.41) is 10.6. The Morgan fingerprint density at radius 2 is 1.89 bits per heavy atom. The summed E-state index contributed by atoms with van der Waals surface area (Å²) in [5.41, 5.74) is 0.321. The first-order valence-corrected chi connectivity index (χ1v) is 13.4. The number of hydrogen-bond acceptors (Lipinski definition) is 7. The molecule has 11 heteroatoms. The second-order valence-electron chi connectivity index (χ2n) is 11.2. The maximum absolute atomic E-state index is 14.6. The van der Waals surface area contributed by atoms with Crippen LogP contribution >= 0.6 is 0 Å². The van der Waals surface area contributed by atoms with Gasteiger partial charge in [-0.15, -0.1) is 0 Å². The van der Waals surface area contributed by atoms with Crippen molar-refractivity contribution in [2.45, 2.75) is 70.6 Å². The van der Waals surface area contributed by atoms with Crippen LogP contribution in [0.25, 0.3) is 5.52 Å². The van der Waals surface area contributed by atoms with Gasteiger partial charge < -0.3 is 15.4 Å². The van der Waals surface area contributed by atoms with E-state index in [1.54, 1.807) is 22.1 Å². The number of rotatable bonds is 6. The molecule has 3 aromatic rings. The summed E-state index contributed by atoms with van der Waals surface area (Å²) in [6, 6.07) is 1.68. The molecule has 1 saturated heterocycles. The number of nitrogens with zero attached hydrogens (tertiary/aromatic N) is 5. The van der Waals surface area contributed by atoms with Crippen LogP contribution in [0, 0.1) is 13.8 Å². The zero-order chi connectivity index (χ0) is 26.7. The summed E-state index contributed by atoms with van der Waals surface area (Å²) in [7, 11) is 0. The van der Waals surface area contributed by atoms with E-state index in [1.807, 2.05) is 20.0 Å². The predicted molar refractivity (Wildman–Crippen MR) is 141 cm³/mol. The zero-order valence-electron chi connectivity index (χ0n) is 22.1. The van der Waals surface area contributed by atoms with Gasteiger partial charge in [0.05, 0.1) is 6.20 Å². The van der Waals surface area contributed by atoms with Crippen LogP contribution in [0.3, 0.4) is 0 Å². The fourth-order valence-corrected chi connectivity index (χ4v) is 6.18. The minimum atomic E-state index is -1.30. The highest BCUT2D eigenvalue weighted by molar-refractivity contribution is 5.97. The molecule has 1 aliphatic carbocycles. The topological polar surface area (TPSA) is 106 Å². The van der Waals surface area contributed by atoms with Crippen molar-refractivity contribution in [2.75, 3.05) is 31.6 Å². The SMILES string of the molecule is Cc1cc(Nc2ncnn3cc(OCCN4CCCC4)c(C)c23)c(=O)n2c1C(=O)NC21CCC(C)(F)CC1. The molecule has 3 aromatic heterocycles. The normalized spacial score (nSPS) is 25.2. The van der Waals surface area contributed by atoms with Gasteiger partial charge >= 0.3 is 0 Å². The molecule has 38 heavy (non-hydrogen) atoms. The predicted octanol–water partition coefficient (Wildman–Crippen LogP) is 3.42. The lowest BCUT2D eigenvalue weighted by Gasteiger charge is -2.40. The Balaban J connectivity index is 1.32. The van der Waals surface area contributed by atoms with Crippen molar-refractivity contribution in [2.24, 2.45) is 0 Å². The van der Waals surface area contributed by atoms with Gasteiger partial charge in [0.15, 0.2) is 5.82 Å². The summed E-state index contributed by atoms with van der Waals surface area (Å²) in [6.45, 7) is 9.03. The number of anilines is 2. The van der Waals surface area contributed by atoms with Crippen LogP contribution in [0.2, 0.25) is 0 Å². The molecule has 0 bridgehead atoms. The number of hydrogen-bond donors (Lipinski definition) is 2. The van der Waals surface area contributed by atoms with E-state index in [9.17, 15) is 14.0 Å². The van der Waals surface area contributed by atoms with Gasteiger partial charge in [0.1, 0.15) is 46.9 Å². The lowest BCUT2D eigenvalue weighted by atomic mass is 9.80. The second kappa shape index (κ2) is 9.07. The number of amides is 1. The molecule has 2 fully saturated rings. The minimum absolute atomic E-state index is 0.270. The van der Waals surface area contributed by atoms with Gasteiger partial charge in [0.25, 0.3) is 11.5 Å². The quantitative estimate of drug-likeness (QED) is 0.510.